The topological polar surface area (TPSA) is 118 Å². The normalized spacial score (nSPS) is 27.8. The first kappa shape index (κ1) is 14.5. The van der Waals surface area contributed by atoms with Crippen molar-refractivity contribution in [1.82, 2.24) is 10.6 Å². The minimum atomic E-state index is -0.843. The maximum atomic E-state index is 12.0. The smallest absolute Gasteiger partial charge is 0.243 e. The number of hydrogen-bond donors (Lipinski definition) is 3. The van der Waals surface area contributed by atoms with Crippen molar-refractivity contribution in [3.8, 4) is 0 Å². The van der Waals surface area contributed by atoms with Gasteiger partial charge in [-0.15, -0.1) is 0 Å². The van der Waals surface area contributed by atoms with E-state index in [9.17, 15) is 19.2 Å². The van der Waals surface area contributed by atoms with Crippen molar-refractivity contribution in [2.45, 2.75) is 50.6 Å². The zero-order chi connectivity index (χ0) is 14.7. The van der Waals surface area contributed by atoms with Crippen LogP contribution in [0.15, 0.2) is 0 Å². The van der Waals surface area contributed by atoms with E-state index in [-0.39, 0.29) is 24.0 Å². The number of amides is 3. The van der Waals surface area contributed by atoms with Crippen LogP contribution in [0, 0.1) is 5.92 Å². The first-order valence-electron chi connectivity index (χ1n) is 6.88. The molecule has 7 nitrogen and oxygen atoms in total. The summed E-state index contributed by atoms with van der Waals surface area (Å²) in [7, 11) is 0. The number of primary amides is 1. The zero-order valence-corrected chi connectivity index (χ0v) is 11.2. The van der Waals surface area contributed by atoms with Gasteiger partial charge in [-0.05, 0) is 25.2 Å². The first-order chi connectivity index (χ1) is 9.47. The van der Waals surface area contributed by atoms with E-state index in [0.717, 1.165) is 0 Å². The fourth-order valence-electron chi connectivity index (χ4n) is 2.83. The van der Waals surface area contributed by atoms with Crippen LogP contribution in [0.25, 0.3) is 0 Å². The Morgan fingerprint density at radius 2 is 2.00 bits per heavy atom. The maximum Gasteiger partial charge on any atom is 0.243 e. The average Bonchev–Trinajstić information content (AvgIpc) is 2.82. The van der Waals surface area contributed by atoms with Gasteiger partial charge in [0.05, 0.1) is 0 Å². The molecule has 1 heterocycles. The second-order valence-electron chi connectivity index (χ2n) is 5.44. The molecular formula is C13H19N3O4. The molecule has 110 valence electrons. The van der Waals surface area contributed by atoms with Crippen LogP contribution in [0.4, 0.5) is 0 Å². The van der Waals surface area contributed by atoms with Crippen LogP contribution < -0.4 is 16.4 Å². The summed E-state index contributed by atoms with van der Waals surface area (Å²) in [6, 6.07) is -1.45. The van der Waals surface area contributed by atoms with E-state index in [1.165, 1.54) is 0 Å². The van der Waals surface area contributed by atoms with Gasteiger partial charge in [-0.3, -0.25) is 19.2 Å². The molecule has 3 amide bonds. The molecule has 0 aromatic carbocycles. The van der Waals surface area contributed by atoms with Crippen molar-refractivity contribution in [2.75, 3.05) is 0 Å². The van der Waals surface area contributed by atoms with E-state index in [2.05, 4.69) is 10.6 Å². The van der Waals surface area contributed by atoms with E-state index >= 15 is 0 Å². The summed E-state index contributed by atoms with van der Waals surface area (Å²) in [5.41, 5.74) is 5.33. The van der Waals surface area contributed by atoms with Gasteiger partial charge in [-0.2, -0.15) is 0 Å². The molecule has 0 spiro atoms. The Kier molecular flexibility index (Phi) is 4.36. The third-order valence-corrected chi connectivity index (χ3v) is 3.91. The number of nitrogens with two attached hydrogens (primary N) is 1. The van der Waals surface area contributed by atoms with Gasteiger partial charge in [0, 0.05) is 19.3 Å². The Morgan fingerprint density at radius 3 is 2.55 bits per heavy atom. The van der Waals surface area contributed by atoms with Crippen LogP contribution >= 0.6 is 0 Å². The molecule has 0 radical (unpaired) electrons. The SMILES string of the molecule is NC(=O)[C@H](NC(=O)[C@H]1CCC(=O)N1)[C@H]1CCCC(=O)C1. The van der Waals surface area contributed by atoms with Crippen molar-refractivity contribution < 1.29 is 19.2 Å². The second kappa shape index (κ2) is 6.02. The number of Topliss-reactive ketones (excluding diaryl/α,β-unsaturated/α-hetero) is 1. The van der Waals surface area contributed by atoms with Crippen LogP contribution in [-0.2, 0) is 19.2 Å². The summed E-state index contributed by atoms with van der Waals surface area (Å²) < 4.78 is 0. The van der Waals surface area contributed by atoms with Crippen LogP contribution in [0.3, 0.4) is 0 Å². The van der Waals surface area contributed by atoms with Gasteiger partial charge in [0.25, 0.3) is 0 Å². The van der Waals surface area contributed by atoms with E-state index in [0.29, 0.717) is 32.1 Å². The molecule has 0 bridgehead atoms. The summed E-state index contributed by atoms with van der Waals surface area (Å²) in [6.07, 6.45) is 2.92. The lowest BCUT2D eigenvalue weighted by molar-refractivity contribution is -0.131. The molecule has 2 fully saturated rings. The molecular weight excluding hydrogens is 262 g/mol. The highest BCUT2D eigenvalue weighted by Crippen LogP contribution is 2.24. The standard InChI is InChI=1S/C13H19N3O4/c14-12(19)11(7-2-1-3-8(17)6-7)16-13(20)9-4-5-10(18)15-9/h7,9,11H,1-6H2,(H2,14,19)(H,15,18)(H,16,20)/t7-,9+,11+/m0/s1. The molecule has 0 unspecified atom stereocenters. The van der Waals surface area contributed by atoms with Gasteiger partial charge in [0.1, 0.15) is 17.9 Å². The average molecular weight is 281 g/mol. The van der Waals surface area contributed by atoms with Crippen molar-refractivity contribution in [2.24, 2.45) is 11.7 Å². The van der Waals surface area contributed by atoms with Gasteiger partial charge < -0.3 is 16.4 Å². The van der Waals surface area contributed by atoms with Gasteiger partial charge in [-0.1, -0.05) is 0 Å². The first-order valence-corrected chi connectivity index (χ1v) is 6.88. The van der Waals surface area contributed by atoms with E-state index in [1.807, 2.05) is 0 Å². The number of rotatable bonds is 4. The molecule has 0 aromatic rings. The van der Waals surface area contributed by atoms with E-state index < -0.39 is 23.9 Å². The minimum absolute atomic E-state index is 0.0934. The molecule has 2 rings (SSSR count). The third kappa shape index (κ3) is 3.34. The van der Waals surface area contributed by atoms with Crippen LogP contribution in [0.2, 0.25) is 0 Å². The molecule has 3 atom stereocenters. The third-order valence-electron chi connectivity index (χ3n) is 3.91. The molecule has 1 aliphatic carbocycles. The molecule has 1 aliphatic heterocycles. The van der Waals surface area contributed by atoms with Crippen LogP contribution in [-0.4, -0.2) is 35.6 Å². The summed E-state index contributed by atoms with van der Waals surface area (Å²) in [5, 5.41) is 5.13. The summed E-state index contributed by atoms with van der Waals surface area (Å²) >= 11 is 0. The van der Waals surface area contributed by atoms with Gasteiger partial charge in [-0.25, -0.2) is 0 Å². The lowest BCUT2D eigenvalue weighted by Crippen LogP contribution is -2.54. The quantitative estimate of drug-likeness (QED) is 0.612. The molecule has 4 N–H and O–H groups in total. The summed E-state index contributed by atoms with van der Waals surface area (Å²) in [5.74, 6) is -1.36. The number of nitrogens with one attached hydrogen (secondary N) is 2. The number of ketones is 1. The maximum absolute atomic E-state index is 12.0. The molecule has 2 aliphatic rings. The van der Waals surface area contributed by atoms with Crippen molar-refractivity contribution in [3.63, 3.8) is 0 Å². The van der Waals surface area contributed by atoms with Gasteiger partial charge in [0.2, 0.25) is 17.7 Å². The number of carbonyl (C=O) groups is 4. The Labute approximate surface area is 116 Å². The highest BCUT2D eigenvalue weighted by atomic mass is 16.2. The number of hydrogen-bond acceptors (Lipinski definition) is 4. The molecule has 0 aromatic heterocycles. The molecule has 7 heteroatoms. The fraction of sp³-hybridized carbons (Fsp3) is 0.692. The van der Waals surface area contributed by atoms with Crippen LogP contribution in [0.5, 0.6) is 0 Å². The molecule has 1 saturated heterocycles. The van der Waals surface area contributed by atoms with Crippen molar-refractivity contribution in [1.29, 1.82) is 0 Å². The predicted octanol–water partition coefficient (Wildman–Crippen LogP) is -1.01. The molecule has 20 heavy (non-hydrogen) atoms. The van der Waals surface area contributed by atoms with Crippen molar-refractivity contribution >= 4 is 23.5 Å². The largest absolute Gasteiger partial charge is 0.368 e. The van der Waals surface area contributed by atoms with Gasteiger partial charge in [0.15, 0.2) is 0 Å². The predicted molar refractivity (Wildman–Crippen MR) is 69.3 cm³/mol. The summed E-state index contributed by atoms with van der Waals surface area (Å²) in [6.45, 7) is 0. The highest BCUT2D eigenvalue weighted by Gasteiger charge is 2.35. The zero-order valence-electron chi connectivity index (χ0n) is 11.2. The van der Waals surface area contributed by atoms with Crippen LogP contribution in [0.1, 0.15) is 38.5 Å². The van der Waals surface area contributed by atoms with Gasteiger partial charge >= 0.3 is 0 Å². The van der Waals surface area contributed by atoms with E-state index in [4.69, 9.17) is 5.73 Å². The second-order valence-corrected chi connectivity index (χ2v) is 5.44. The Balaban J connectivity index is 1.98. The monoisotopic (exact) mass is 281 g/mol. The van der Waals surface area contributed by atoms with E-state index in [1.54, 1.807) is 0 Å². The lowest BCUT2D eigenvalue weighted by Gasteiger charge is -2.28. The highest BCUT2D eigenvalue weighted by molar-refractivity contribution is 5.94. The molecule has 1 saturated carbocycles. The Morgan fingerprint density at radius 1 is 1.25 bits per heavy atom. The minimum Gasteiger partial charge on any atom is -0.368 e. The fourth-order valence-corrected chi connectivity index (χ4v) is 2.83. The van der Waals surface area contributed by atoms with Crippen molar-refractivity contribution in [3.05, 3.63) is 0 Å². The number of carbonyl (C=O) groups excluding carboxylic acids is 4. The Hall–Kier alpha value is -1.92. The Bertz CT molecular complexity index is 449. The lowest BCUT2D eigenvalue weighted by atomic mass is 9.82. The summed E-state index contributed by atoms with van der Waals surface area (Å²) in [4.78, 5) is 46.1.